The highest BCUT2D eigenvalue weighted by Crippen LogP contribution is 2.27. The molecule has 6 nitrogen and oxygen atoms in total. The fourth-order valence-corrected chi connectivity index (χ4v) is 3.68. The first kappa shape index (κ1) is 15.9. The number of fused-ring (bicyclic) bond motifs is 2. The van der Waals surface area contributed by atoms with Gasteiger partial charge in [0.1, 0.15) is 0 Å². The molecule has 27 heavy (non-hydrogen) atoms. The summed E-state index contributed by atoms with van der Waals surface area (Å²) in [5.74, 6) is 0.393. The molecule has 0 radical (unpaired) electrons. The summed E-state index contributed by atoms with van der Waals surface area (Å²) < 4.78 is 1.97. The van der Waals surface area contributed by atoms with Gasteiger partial charge in [0.15, 0.2) is 5.65 Å². The Morgan fingerprint density at radius 2 is 2.04 bits per heavy atom. The van der Waals surface area contributed by atoms with Crippen molar-refractivity contribution in [3.8, 4) is 0 Å². The van der Waals surface area contributed by atoms with Crippen molar-refractivity contribution in [2.75, 3.05) is 13.6 Å². The van der Waals surface area contributed by atoms with E-state index in [2.05, 4.69) is 46.3 Å². The van der Waals surface area contributed by atoms with Gasteiger partial charge in [-0.1, -0.05) is 19.1 Å². The molecule has 5 rings (SSSR count). The fraction of sp³-hybridized carbons (Fsp3) is 0.238. The van der Waals surface area contributed by atoms with Gasteiger partial charge in [-0.15, -0.1) is 0 Å². The van der Waals surface area contributed by atoms with Gasteiger partial charge in [-0.25, -0.2) is 9.50 Å². The van der Waals surface area contributed by atoms with Gasteiger partial charge in [0.25, 0.3) is 0 Å². The maximum atomic E-state index is 4.88. The molecule has 0 amide bonds. The van der Waals surface area contributed by atoms with Crippen LogP contribution < -0.4 is 0 Å². The Bertz CT molecular complexity index is 1160. The number of hydrogen-bond donors (Lipinski definition) is 0. The van der Waals surface area contributed by atoms with Gasteiger partial charge in [-0.3, -0.25) is 9.99 Å². The highest BCUT2D eigenvalue weighted by atomic mass is 15.4. The number of imidazole rings is 1. The molecule has 1 aromatic carbocycles. The first-order valence-electron chi connectivity index (χ1n) is 9.13. The van der Waals surface area contributed by atoms with Crippen LogP contribution in [0.4, 0.5) is 0 Å². The van der Waals surface area contributed by atoms with Crippen LogP contribution in [-0.4, -0.2) is 44.4 Å². The summed E-state index contributed by atoms with van der Waals surface area (Å²) in [5.41, 5.74) is 5.21. The number of nitrogens with zero attached hydrogens (tertiary/aromatic N) is 6. The molecule has 0 bridgehead atoms. The largest absolute Gasteiger partial charge is 0.299 e. The van der Waals surface area contributed by atoms with Crippen molar-refractivity contribution in [3.05, 3.63) is 71.8 Å². The normalized spacial score (nSPS) is 17.9. The van der Waals surface area contributed by atoms with Gasteiger partial charge in [0.2, 0.25) is 0 Å². The van der Waals surface area contributed by atoms with Crippen molar-refractivity contribution < 1.29 is 0 Å². The van der Waals surface area contributed by atoms with Gasteiger partial charge >= 0.3 is 0 Å². The second-order valence-electron chi connectivity index (χ2n) is 7.10. The van der Waals surface area contributed by atoms with E-state index in [1.807, 2.05) is 53.4 Å². The zero-order chi connectivity index (χ0) is 18.4. The summed E-state index contributed by atoms with van der Waals surface area (Å²) >= 11 is 0. The number of likely N-dealkylation sites (N-methyl/N-ethyl adjacent to an activating group) is 1. The molecule has 0 saturated carbocycles. The number of pyridine rings is 1. The van der Waals surface area contributed by atoms with E-state index in [9.17, 15) is 0 Å². The minimum absolute atomic E-state index is 0.173. The SMILES string of the molecule is CC(c1ccc2ncccc2c1)c1cnc2ccc(C3C=NN(C)C3)nn12. The van der Waals surface area contributed by atoms with Crippen LogP contribution >= 0.6 is 0 Å². The number of benzene rings is 1. The standard InChI is InChI=1S/C21H20N6/c1-14(15-5-6-18-16(10-15)4-3-9-22-18)20-12-23-21-8-7-19(25-27(20)21)17-11-24-26(2)13-17/h3-12,14,17H,13H2,1-2H3. The van der Waals surface area contributed by atoms with Gasteiger partial charge in [0, 0.05) is 37.3 Å². The Balaban J connectivity index is 1.55. The molecule has 1 aliphatic heterocycles. The first-order chi connectivity index (χ1) is 13.2. The lowest BCUT2D eigenvalue weighted by atomic mass is 9.97. The topological polar surface area (TPSA) is 58.7 Å². The minimum atomic E-state index is 0.173. The number of hydrazone groups is 1. The maximum Gasteiger partial charge on any atom is 0.153 e. The van der Waals surface area contributed by atoms with E-state index in [0.717, 1.165) is 34.5 Å². The van der Waals surface area contributed by atoms with Crippen molar-refractivity contribution in [1.82, 2.24) is 24.6 Å². The average Bonchev–Trinajstić information content (AvgIpc) is 3.32. The molecule has 0 fully saturated rings. The van der Waals surface area contributed by atoms with Crippen LogP contribution in [0.15, 0.2) is 60.0 Å². The lowest BCUT2D eigenvalue weighted by molar-refractivity contribution is 0.379. The summed E-state index contributed by atoms with van der Waals surface area (Å²) in [5, 5.41) is 12.3. The van der Waals surface area contributed by atoms with Crippen LogP contribution in [0.2, 0.25) is 0 Å². The van der Waals surface area contributed by atoms with Gasteiger partial charge in [-0.2, -0.15) is 10.2 Å². The lowest BCUT2D eigenvalue weighted by Crippen LogP contribution is -2.14. The quantitative estimate of drug-likeness (QED) is 0.564. The summed E-state index contributed by atoms with van der Waals surface area (Å²) in [6, 6.07) is 14.6. The third-order valence-electron chi connectivity index (χ3n) is 5.26. The highest BCUT2D eigenvalue weighted by Gasteiger charge is 2.20. The number of rotatable bonds is 3. The van der Waals surface area contributed by atoms with Crippen LogP contribution in [0.5, 0.6) is 0 Å². The van der Waals surface area contributed by atoms with Crippen molar-refractivity contribution in [3.63, 3.8) is 0 Å². The second-order valence-corrected chi connectivity index (χ2v) is 7.10. The molecule has 0 saturated heterocycles. The van der Waals surface area contributed by atoms with Crippen LogP contribution in [0.25, 0.3) is 16.6 Å². The van der Waals surface area contributed by atoms with Crippen LogP contribution in [0, 0.1) is 0 Å². The Morgan fingerprint density at radius 3 is 2.89 bits per heavy atom. The maximum absolute atomic E-state index is 4.88. The van der Waals surface area contributed by atoms with E-state index in [0.29, 0.717) is 0 Å². The molecule has 1 aliphatic rings. The van der Waals surface area contributed by atoms with Crippen LogP contribution in [0.1, 0.15) is 35.7 Å². The van der Waals surface area contributed by atoms with Crippen molar-refractivity contribution in [1.29, 1.82) is 0 Å². The van der Waals surface area contributed by atoms with Crippen molar-refractivity contribution in [2.24, 2.45) is 5.10 Å². The number of hydrogen-bond acceptors (Lipinski definition) is 5. The Labute approximate surface area is 157 Å². The van der Waals surface area contributed by atoms with Crippen LogP contribution in [-0.2, 0) is 0 Å². The molecular weight excluding hydrogens is 336 g/mol. The van der Waals surface area contributed by atoms with E-state index in [-0.39, 0.29) is 11.8 Å². The zero-order valence-corrected chi connectivity index (χ0v) is 15.3. The lowest BCUT2D eigenvalue weighted by Gasteiger charge is -2.14. The fourth-order valence-electron chi connectivity index (χ4n) is 3.68. The molecule has 4 aromatic rings. The highest BCUT2D eigenvalue weighted by molar-refractivity contribution is 5.79. The third-order valence-corrected chi connectivity index (χ3v) is 5.26. The van der Waals surface area contributed by atoms with Crippen molar-refractivity contribution in [2.45, 2.75) is 18.8 Å². The first-order valence-corrected chi connectivity index (χ1v) is 9.13. The molecule has 134 valence electrons. The third kappa shape index (κ3) is 2.73. The van der Waals surface area contributed by atoms with Crippen LogP contribution in [0.3, 0.4) is 0 Å². The second kappa shape index (κ2) is 6.16. The summed E-state index contributed by atoms with van der Waals surface area (Å²) in [6.07, 6.45) is 5.72. The minimum Gasteiger partial charge on any atom is -0.299 e. The molecule has 2 atom stereocenters. The van der Waals surface area contributed by atoms with Gasteiger partial charge < -0.3 is 0 Å². The predicted octanol–water partition coefficient (Wildman–Crippen LogP) is 3.44. The molecule has 0 spiro atoms. The molecule has 0 N–H and O–H groups in total. The number of aromatic nitrogens is 4. The van der Waals surface area contributed by atoms with Crippen molar-refractivity contribution >= 4 is 22.8 Å². The Kier molecular flexibility index (Phi) is 3.63. The smallest absolute Gasteiger partial charge is 0.153 e. The molecule has 4 heterocycles. The summed E-state index contributed by atoms with van der Waals surface area (Å²) in [4.78, 5) is 8.96. The van der Waals surface area contributed by atoms with Gasteiger partial charge in [0.05, 0.1) is 29.0 Å². The molecular formula is C21H20N6. The van der Waals surface area contributed by atoms with E-state index in [4.69, 9.17) is 5.10 Å². The molecule has 2 unspecified atom stereocenters. The molecule has 6 heteroatoms. The van der Waals surface area contributed by atoms with E-state index < -0.39 is 0 Å². The molecule has 3 aromatic heterocycles. The predicted molar refractivity (Wildman–Crippen MR) is 106 cm³/mol. The van der Waals surface area contributed by atoms with E-state index >= 15 is 0 Å². The van der Waals surface area contributed by atoms with Gasteiger partial charge in [-0.05, 0) is 35.9 Å². The van der Waals surface area contributed by atoms with E-state index in [1.54, 1.807) is 0 Å². The Hall–Kier alpha value is -3.28. The average molecular weight is 356 g/mol. The summed E-state index contributed by atoms with van der Waals surface area (Å²) in [6.45, 7) is 3.05. The van der Waals surface area contributed by atoms with E-state index in [1.165, 1.54) is 5.56 Å². The monoisotopic (exact) mass is 356 g/mol. The molecule has 0 aliphatic carbocycles. The zero-order valence-electron chi connectivity index (χ0n) is 15.3. The summed E-state index contributed by atoms with van der Waals surface area (Å²) in [7, 11) is 1.98. The Morgan fingerprint density at radius 1 is 1.11 bits per heavy atom.